The van der Waals surface area contributed by atoms with E-state index in [-0.39, 0.29) is 11.8 Å². The van der Waals surface area contributed by atoms with Crippen LogP contribution < -0.4 is 5.32 Å². The number of nitrogens with one attached hydrogen (secondary N) is 1. The summed E-state index contributed by atoms with van der Waals surface area (Å²) < 4.78 is 0. The van der Waals surface area contributed by atoms with Crippen molar-refractivity contribution in [3.63, 3.8) is 0 Å². The van der Waals surface area contributed by atoms with Crippen molar-refractivity contribution in [3.05, 3.63) is 29.8 Å². The van der Waals surface area contributed by atoms with Gasteiger partial charge in [0.25, 0.3) is 0 Å². The minimum absolute atomic E-state index is 0.0359. The van der Waals surface area contributed by atoms with Crippen molar-refractivity contribution in [1.82, 2.24) is 4.90 Å². The first-order valence-electron chi connectivity index (χ1n) is 5.64. The lowest BCUT2D eigenvalue weighted by atomic mass is 10.1. The van der Waals surface area contributed by atoms with Gasteiger partial charge in [-0.1, -0.05) is 25.1 Å². The number of hydrogen-bond acceptors (Lipinski definition) is 2. The van der Waals surface area contributed by atoms with Gasteiger partial charge >= 0.3 is 0 Å². The molecule has 94 valence electrons. The molecule has 4 heteroatoms. The Bertz CT molecular complexity index is 379. The molecule has 0 fully saturated rings. The van der Waals surface area contributed by atoms with E-state index in [4.69, 9.17) is 11.6 Å². The van der Waals surface area contributed by atoms with E-state index in [1.54, 1.807) is 0 Å². The topological polar surface area (TPSA) is 32.3 Å². The summed E-state index contributed by atoms with van der Waals surface area (Å²) >= 11 is 5.67. The van der Waals surface area contributed by atoms with E-state index in [0.29, 0.717) is 5.88 Å². The van der Waals surface area contributed by atoms with Crippen LogP contribution in [0.25, 0.3) is 0 Å². The minimum Gasteiger partial charge on any atom is -0.326 e. The Kier molecular flexibility index (Phi) is 5.45. The molecule has 0 aliphatic carbocycles. The molecule has 0 saturated heterocycles. The van der Waals surface area contributed by atoms with Crippen molar-refractivity contribution < 1.29 is 4.79 Å². The Labute approximate surface area is 108 Å². The van der Waals surface area contributed by atoms with Gasteiger partial charge in [0.1, 0.15) is 0 Å². The fraction of sp³-hybridized carbons (Fsp3) is 0.462. The van der Waals surface area contributed by atoms with Crippen LogP contribution >= 0.6 is 11.6 Å². The van der Waals surface area contributed by atoms with E-state index in [1.807, 2.05) is 45.3 Å². The molecule has 0 bridgehead atoms. The van der Waals surface area contributed by atoms with Crippen molar-refractivity contribution >= 4 is 23.2 Å². The van der Waals surface area contributed by atoms with Crippen LogP contribution in [-0.2, 0) is 11.3 Å². The fourth-order valence-electron chi connectivity index (χ4n) is 1.45. The fourth-order valence-corrected chi connectivity index (χ4v) is 1.59. The number of hydrogen-bond donors (Lipinski definition) is 1. The number of anilines is 1. The van der Waals surface area contributed by atoms with Crippen molar-refractivity contribution in [1.29, 1.82) is 0 Å². The molecule has 1 unspecified atom stereocenters. The van der Waals surface area contributed by atoms with Crippen LogP contribution in [0, 0.1) is 5.92 Å². The third-order valence-corrected chi connectivity index (χ3v) is 2.90. The van der Waals surface area contributed by atoms with Crippen LogP contribution in [0.2, 0.25) is 0 Å². The molecule has 0 aliphatic heterocycles. The molecule has 1 atom stereocenters. The molecule has 0 radical (unpaired) electrons. The van der Waals surface area contributed by atoms with Crippen molar-refractivity contribution in [2.24, 2.45) is 5.92 Å². The molecule has 0 saturated carbocycles. The second kappa shape index (κ2) is 6.62. The van der Waals surface area contributed by atoms with Gasteiger partial charge in [0.2, 0.25) is 5.91 Å². The lowest BCUT2D eigenvalue weighted by Crippen LogP contribution is -2.23. The van der Waals surface area contributed by atoms with Gasteiger partial charge in [0.15, 0.2) is 0 Å². The summed E-state index contributed by atoms with van der Waals surface area (Å²) in [6.07, 6.45) is 0. The third kappa shape index (κ3) is 4.36. The summed E-state index contributed by atoms with van der Waals surface area (Å²) in [6, 6.07) is 7.82. The quantitative estimate of drug-likeness (QED) is 0.819. The highest BCUT2D eigenvalue weighted by Gasteiger charge is 2.13. The summed E-state index contributed by atoms with van der Waals surface area (Å²) in [7, 11) is 4.00. The molecular formula is C13H19ClN2O. The van der Waals surface area contributed by atoms with Gasteiger partial charge in [-0.15, -0.1) is 11.6 Å². The van der Waals surface area contributed by atoms with E-state index in [9.17, 15) is 4.79 Å². The van der Waals surface area contributed by atoms with Crippen LogP contribution in [0.4, 0.5) is 5.69 Å². The lowest BCUT2D eigenvalue weighted by molar-refractivity contribution is -0.118. The average molecular weight is 255 g/mol. The van der Waals surface area contributed by atoms with E-state index in [2.05, 4.69) is 10.2 Å². The highest BCUT2D eigenvalue weighted by molar-refractivity contribution is 6.19. The molecule has 1 amide bonds. The smallest absolute Gasteiger partial charge is 0.228 e. The zero-order valence-electron chi connectivity index (χ0n) is 10.5. The Morgan fingerprint density at radius 1 is 1.41 bits per heavy atom. The van der Waals surface area contributed by atoms with E-state index in [0.717, 1.165) is 17.8 Å². The molecule has 1 N–H and O–H groups in total. The monoisotopic (exact) mass is 254 g/mol. The maximum absolute atomic E-state index is 11.8. The highest BCUT2D eigenvalue weighted by atomic mass is 35.5. The van der Waals surface area contributed by atoms with E-state index >= 15 is 0 Å². The minimum atomic E-state index is -0.177. The predicted octanol–water partition coefficient (Wildman–Crippen LogP) is 2.56. The average Bonchev–Trinajstić information content (AvgIpc) is 2.29. The number of nitrogens with zero attached hydrogens (tertiary/aromatic N) is 1. The number of halogens is 1. The zero-order chi connectivity index (χ0) is 12.8. The van der Waals surface area contributed by atoms with Gasteiger partial charge in [-0.3, -0.25) is 4.79 Å². The van der Waals surface area contributed by atoms with Gasteiger partial charge in [-0.05, 0) is 25.7 Å². The normalized spacial score (nSPS) is 12.5. The zero-order valence-corrected chi connectivity index (χ0v) is 11.3. The summed E-state index contributed by atoms with van der Waals surface area (Å²) in [5.74, 6) is 0.122. The van der Waals surface area contributed by atoms with Gasteiger partial charge in [-0.25, -0.2) is 0 Å². The van der Waals surface area contributed by atoms with Gasteiger partial charge in [-0.2, -0.15) is 0 Å². The van der Waals surface area contributed by atoms with Crippen LogP contribution in [0.15, 0.2) is 24.3 Å². The van der Waals surface area contributed by atoms with Crippen molar-refractivity contribution in [2.75, 3.05) is 25.3 Å². The van der Waals surface area contributed by atoms with Crippen LogP contribution in [0.1, 0.15) is 12.5 Å². The molecule has 1 rings (SSSR count). The molecule has 3 nitrogen and oxygen atoms in total. The number of carbonyl (C=O) groups excluding carboxylic acids is 1. The number of rotatable bonds is 5. The SMILES string of the molecule is CC(CCl)C(=O)Nc1ccccc1CN(C)C. The van der Waals surface area contributed by atoms with Crippen LogP contribution in [-0.4, -0.2) is 30.8 Å². The molecule has 0 spiro atoms. The molecule has 0 aromatic heterocycles. The van der Waals surface area contributed by atoms with Crippen molar-refractivity contribution in [2.45, 2.75) is 13.5 Å². The maximum atomic E-state index is 11.8. The highest BCUT2D eigenvalue weighted by Crippen LogP contribution is 2.17. The number of carbonyl (C=O) groups is 1. The number of alkyl halides is 1. The summed E-state index contributed by atoms with van der Waals surface area (Å²) in [4.78, 5) is 13.8. The molecule has 0 heterocycles. The number of amides is 1. The van der Waals surface area contributed by atoms with Gasteiger partial charge < -0.3 is 10.2 Å². The molecular weight excluding hydrogens is 236 g/mol. The summed E-state index contributed by atoms with van der Waals surface area (Å²) in [5, 5.41) is 2.92. The van der Waals surface area contributed by atoms with E-state index < -0.39 is 0 Å². The van der Waals surface area contributed by atoms with Crippen molar-refractivity contribution in [3.8, 4) is 0 Å². The molecule has 17 heavy (non-hydrogen) atoms. The molecule has 1 aromatic rings. The Morgan fingerprint density at radius 3 is 2.65 bits per heavy atom. The summed E-state index contributed by atoms with van der Waals surface area (Å²) in [5.41, 5.74) is 1.97. The van der Waals surface area contributed by atoms with E-state index in [1.165, 1.54) is 0 Å². The standard InChI is InChI=1S/C13H19ClN2O/c1-10(8-14)13(17)15-12-7-5-4-6-11(12)9-16(2)3/h4-7,10H,8-9H2,1-3H3,(H,15,17). The van der Waals surface area contributed by atoms with Crippen LogP contribution in [0.5, 0.6) is 0 Å². The Balaban J connectivity index is 2.79. The lowest BCUT2D eigenvalue weighted by Gasteiger charge is -2.16. The largest absolute Gasteiger partial charge is 0.326 e. The first kappa shape index (κ1) is 14.0. The van der Waals surface area contributed by atoms with Gasteiger partial charge in [0.05, 0.1) is 0 Å². The summed E-state index contributed by atoms with van der Waals surface area (Å²) in [6.45, 7) is 2.61. The second-order valence-corrected chi connectivity index (χ2v) is 4.75. The van der Waals surface area contributed by atoms with Crippen LogP contribution in [0.3, 0.4) is 0 Å². The first-order valence-corrected chi connectivity index (χ1v) is 6.17. The predicted molar refractivity (Wildman–Crippen MR) is 72.3 cm³/mol. The number of para-hydroxylation sites is 1. The second-order valence-electron chi connectivity index (χ2n) is 4.44. The third-order valence-electron chi connectivity index (χ3n) is 2.44. The number of benzene rings is 1. The Hall–Kier alpha value is -1.06. The molecule has 0 aliphatic rings. The van der Waals surface area contributed by atoms with Gasteiger partial charge in [0, 0.05) is 24.0 Å². The molecule has 1 aromatic carbocycles. The Morgan fingerprint density at radius 2 is 2.06 bits per heavy atom. The maximum Gasteiger partial charge on any atom is 0.228 e. The first-order chi connectivity index (χ1) is 8.04.